The molecule has 1 aromatic carbocycles. The van der Waals surface area contributed by atoms with Crippen molar-refractivity contribution in [1.82, 2.24) is 14.9 Å². The normalized spacial score (nSPS) is 17.4. The highest BCUT2D eigenvalue weighted by molar-refractivity contribution is 7.79. The zero-order chi connectivity index (χ0) is 15.4. The van der Waals surface area contributed by atoms with Crippen LogP contribution in [0.15, 0.2) is 47.6 Å². The number of aromatic nitrogens is 2. The molecule has 116 valence electrons. The summed E-state index contributed by atoms with van der Waals surface area (Å²) in [5, 5.41) is 0. The molecule has 1 atom stereocenters. The average molecular weight is 318 g/mol. The Morgan fingerprint density at radius 3 is 2.50 bits per heavy atom. The maximum absolute atomic E-state index is 11.1. The third-order valence-corrected chi connectivity index (χ3v) is 4.37. The maximum Gasteiger partial charge on any atom is 0.225 e. The number of hydrogen-bond donors (Lipinski definition) is 1. The minimum absolute atomic E-state index is 0.453. The van der Waals surface area contributed by atoms with Crippen molar-refractivity contribution < 1.29 is 8.76 Å². The van der Waals surface area contributed by atoms with Crippen LogP contribution in [0.3, 0.4) is 0 Å². The third kappa shape index (κ3) is 3.68. The van der Waals surface area contributed by atoms with Gasteiger partial charge in [-0.05, 0) is 23.8 Å². The van der Waals surface area contributed by atoms with Crippen molar-refractivity contribution in [3.05, 3.63) is 48.3 Å². The van der Waals surface area contributed by atoms with Crippen LogP contribution in [-0.2, 0) is 17.6 Å². The topological polar surface area (TPSA) is 69.6 Å². The monoisotopic (exact) mass is 318 g/mol. The molecule has 0 amide bonds. The van der Waals surface area contributed by atoms with Crippen LogP contribution in [-0.4, -0.2) is 49.8 Å². The van der Waals surface area contributed by atoms with E-state index in [1.807, 2.05) is 18.2 Å². The molecule has 1 aromatic heterocycles. The van der Waals surface area contributed by atoms with Crippen molar-refractivity contribution in [2.45, 2.75) is 11.4 Å². The van der Waals surface area contributed by atoms with Gasteiger partial charge in [0.2, 0.25) is 5.95 Å². The molecule has 1 saturated heterocycles. The van der Waals surface area contributed by atoms with Crippen LogP contribution in [0.1, 0.15) is 5.56 Å². The smallest absolute Gasteiger partial charge is 0.225 e. The summed E-state index contributed by atoms with van der Waals surface area (Å²) >= 11 is -1.92. The summed E-state index contributed by atoms with van der Waals surface area (Å²) in [4.78, 5) is 13.5. The molecule has 0 spiro atoms. The van der Waals surface area contributed by atoms with E-state index in [-0.39, 0.29) is 0 Å². The average Bonchev–Trinajstić information content (AvgIpc) is 2.56. The van der Waals surface area contributed by atoms with Crippen molar-refractivity contribution in [2.75, 3.05) is 31.1 Å². The van der Waals surface area contributed by atoms with E-state index >= 15 is 0 Å². The molecule has 7 heteroatoms. The van der Waals surface area contributed by atoms with Crippen LogP contribution < -0.4 is 4.90 Å². The Hall–Kier alpha value is -1.83. The molecule has 0 bridgehead atoms. The fourth-order valence-corrected chi connectivity index (χ4v) is 3.02. The quantitative estimate of drug-likeness (QED) is 0.859. The van der Waals surface area contributed by atoms with Crippen molar-refractivity contribution in [3.63, 3.8) is 0 Å². The zero-order valence-electron chi connectivity index (χ0n) is 12.1. The summed E-state index contributed by atoms with van der Waals surface area (Å²) in [6.07, 6.45) is 3.52. The number of benzene rings is 1. The van der Waals surface area contributed by atoms with E-state index in [1.165, 1.54) is 0 Å². The van der Waals surface area contributed by atoms with Gasteiger partial charge in [0.05, 0.1) is 4.90 Å². The molecule has 1 aliphatic rings. The summed E-state index contributed by atoms with van der Waals surface area (Å²) in [6.45, 7) is 4.40. The van der Waals surface area contributed by atoms with E-state index in [4.69, 9.17) is 4.55 Å². The highest BCUT2D eigenvalue weighted by atomic mass is 32.2. The largest absolute Gasteiger partial charge is 0.338 e. The van der Waals surface area contributed by atoms with E-state index in [1.54, 1.807) is 24.5 Å². The van der Waals surface area contributed by atoms with Crippen molar-refractivity contribution in [3.8, 4) is 0 Å². The van der Waals surface area contributed by atoms with Gasteiger partial charge in [-0.15, -0.1) is 0 Å². The maximum atomic E-state index is 11.1. The fourth-order valence-electron chi connectivity index (χ4n) is 2.57. The van der Waals surface area contributed by atoms with Gasteiger partial charge in [0.1, 0.15) is 0 Å². The summed E-state index contributed by atoms with van der Waals surface area (Å²) in [7, 11) is 0. The second-order valence-corrected chi connectivity index (χ2v) is 6.18. The van der Waals surface area contributed by atoms with E-state index in [2.05, 4.69) is 19.8 Å². The molecule has 3 rings (SSSR count). The standard InChI is InChI=1S/C15H18N4O2S/c20-22(21)14-4-1-3-13(11-14)12-18-7-9-19(10-8-18)15-16-5-2-6-17-15/h1-6,11H,7-10,12H2,(H,20,21). The van der Waals surface area contributed by atoms with Crippen LogP contribution in [0.25, 0.3) is 0 Å². The van der Waals surface area contributed by atoms with E-state index in [0.717, 1.165) is 44.2 Å². The Bertz CT molecular complexity index is 645. The van der Waals surface area contributed by atoms with Gasteiger partial charge >= 0.3 is 0 Å². The lowest BCUT2D eigenvalue weighted by atomic mass is 10.2. The van der Waals surface area contributed by atoms with Gasteiger partial charge in [-0.3, -0.25) is 4.90 Å². The van der Waals surface area contributed by atoms with Gasteiger partial charge in [0.15, 0.2) is 11.1 Å². The summed E-state index contributed by atoms with van der Waals surface area (Å²) < 4.78 is 20.3. The Morgan fingerprint density at radius 1 is 1.09 bits per heavy atom. The zero-order valence-corrected chi connectivity index (χ0v) is 12.9. The summed E-state index contributed by atoms with van der Waals surface area (Å²) in [5.41, 5.74) is 1.06. The van der Waals surface area contributed by atoms with E-state index in [0.29, 0.717) is 4.90 Å². The molecule has 1 aliphatic heterocycles. The molecular formula is C15H18N4O2S. The third-order valence-electron chi connectivity index (χ3n) is 3.71. The molecule has 22 heavy (non-hydrogen) atoms. The predicted molar refractivity (Wildman–Crippen MR) is 85.0 cm³/mol. The number of hydrogen-bond acceptors (Lipinski definition) is 5. The van der Waals surface area contributed by atoms with Gasteiger partial charge in [-0.1, -0.05) is 12.1 Å². The first-order valence-electron chi connectivity index (χ1n) is 7.16. The first-order chi connectivity index (χ1) is 10.7. The lowest BCUT2D eigenvalue weighted by molar-refractivity contribution is 0.248. The molecule has 2 heterocycles. The minimum atomic E-state index is -1.92. The molecule has 0 saturated carbocycles. The van der Waals surface area contributed by atoms with Gasteiger partial charge < -0.3 is 9.45 Å². The molecule has 1 unspecified atom stereocenters. The molecule has 0 aliphatic carbocycles. The summed E-state index contributed by atoms with van der Waals surface area (Å²) in [5.74, 6) is 0.778. The first-order valence-corrected chi connectivity index (χ1v) is 8.27. The van der Waals surface area contributed by atoms with E-state index < -0.39 is 11.1 Å². The highest BCUT2D eigenvalue weighted by Crippen LogP contribution is 2.14. The molecule has 6 nitrogen and oxygen atoms in total. The first kappa shape index (κ1) is 15.1. The van der Waals surface area contributed by atoms with Gasteiger partial charge in [0, 0.05) is 45.1 Å². The highest BCUT2D eigenvalue weighted by Gasteiger charge is 2.18. The van der Waals surface area contributed by atoms with Gasteiger partial charge in [-0.25, -0.2) is 14.2 Å². The lowest BCUT2D eigenvalue weighted by Crippen LogP contribution is -2.46. The van der Waals surface area contributed by atoms with Crippen LogP contribution >= 0.6 is 0 Å². The van der Waals surface area contributed by atoms with Crippen LogP contribution in [0.2, 0.25) is 0 Å². The van der Waals surface area contributed by atoms with Crippen LogP contribution in [0, 0.1) is 0 Å². The van der Waals surface area contributed by atoms with Crippen molar-refractivity contribution >= 4 is 17.0 Å². The Morgan fingerprint density at radius 2 is 1.82 bits per heavy atom. The lowest BCUT2D eigenvalue weighted by Gasteiger charge is -2.34. The number of rotatable bonds is 4. The number of anilines is 1. The second-order valence-electron chi connectivity index (χ2n) is 5.21. The minimum Gasteiger partial charge on any atom is -0.338 e. The molecule has 0 radical (unpaired) electrons. The predicted octanol–water partition coefficient (Wildman–Crippen LogP) is 1.38. The van der Waals surface area contributed by atoms with Crippen LogP contribution in [0.5, 0.6) is 0 Å². The second kappa shape index (κ2) is 6.95. The fraction of sp³-hybridized carbons (Fsp3) is 0.333. The number of piperazine rings is 1. The molecular weight excluding hydrogens is 300 g/mol. The summed E-state index contributed by atoms with van der Waals surface area (Å²) in [6, 6.07) is 9.10. The SMILES string of the molecule is O=S(O)c1cccc(CN2CCN(c3ncccn3)CC2)c1. The molecule has 1 fully saturated rings. The Kier molecular flexibility index (Phi) is 4.77. The van der Waals surface area contributed by atoms with Crippen molar-refractivity contribution in [2.24, 2.45) is 0 Å². The van der Waals surface area contributed by atoms with Gasteiger partial charge in [-0.2, -0.15) is 0 Å². The molecule has 1 N–H and O–H groups in total. The van der Waals surface area contributed by atoms with Crippen LogP contribution in [0.4, 0.5) is 5.95 Å². The van der Waals surface area contributed by atoms with Crippen molar-refractivity contribution in [1.29, 1.82) is 0 Å². The van der Waals surface area contributed by atoms with Gasteiger partial charge in [0.25, 0.3) is 0 Å². The Labute approximate surface area is 132 Å². The number of nitrogens with zero attached hydrogens (tertiary/aromatic N) is 4. The molecule has 2 aromatic rings. The van der Waals surface area contributed by atoms with E-state index in [9.17, 15) is 4.21 Å². The Balaban J connectivity index is 1.58.